The van der Waals surface area contributed by atoms with Crippen LogP contribution in [0.15, 0.2) is 47.8 Å². The van der Waals surface area contributed by atoms with Crippen molar-refractivity contribution in [2.24, 2.45) is 0 Å². The van der Waals surface area contributed by atoms with Gasteiger partial charge < -0.3 is 15.0 Å². The lowest BCUT2D eigenvalue weighted by Gasteiger charge is -2.30. The molecule has 2 heterocycles. The van der Waals surface area contributed by atoms with Crippen LogP contribution < -0.4 is 10.2 Å². The van der Waals surface area contributed by atoms with Gasteiger partial charge in [0.05, 0.1) is 36.7 Å². The maximum absolute atomic E-state index is 12.7. The number of aryl methyl sites for hydroxylation is 1. The zero-order valence-electron chi connectivity index (χ0n) is 16.2. The third-order valence-corrected chi connectivity index (χ3v) is 5.95. The number of thiazole rings is 1. The van der Waals surface area contributed by atoms with Crippen molar-refractivity contribution in [1.29, 1.82) is 0 Å². The fourth-order valence-electron chi connectivity index (χ4n) is 3.26. The summed E-state index contributed by atoms with van der Waals surface area (Å²) in [7, 11) is 0. The lowest BCUT2D eigenvalue weighted by Crippen LogP contribution is -2.36. The smallest absolute Gasteiger partial charge is 0.230 e. The Balaban J connectivity index is 1.46. The van der Waals surface area contributed by atoms with Crippen LogP contribution >= 0.6 is 22.9 Å². The van der Waals surface area contributed by atoms with Crippen molar-refractivity contribution in [3.8, 4) is 10.6 Å². The molecule has 4 rings (SSSR count). The minimum Gasteiger partial charge on any atom is -0.378 e. The summed E-state index contributed by atoms with van der Waals surface area (Å²) in [5, 5.41) is 6.46. The van der Waals surface area contributed by atoms with Crippen molar-refractivity contribution < 1.29 is 9.53 Å². The fourth-order valence-corrected chi connectivity index (χ4v) is 4.26. The monoisotopic (exact) mass is 427 g/mol. The van der Waals surface area contributed by atoms with E-state index in [1.54, 1.807) is 17.4 Å². The van der Waals surface area contributed by atoms with Crippen LogP contribution in [0.1, 0.15) is 11.3 Å². The molecule has 0 aliphatic carbocycles. The number of ether oxygens (including phenoxy) is 1. The molecule has 0 atom stereocenters. The van der Waals surface area contributed by atoms with E-state index in [1.807, 2.05) is 17.5 Å². The normalized spacial score (nSPS) is 14.1. The van der Waals surface area contributed by atoms with Gasteiger partial charge in [-0.2, -0.15) is 0 Å². The highest BCUT2D eigenvalue weighted by Crippen LogP contribution is 2.30. The first-order valence-corrected chi connectivity index (χ1v) is 10.8. The first-order chi connectivity index (χ1) is 14.1. The topological polar surface area (TPSA) is 54.5 Å². The van der Waals surface area contributed by atoms with Gasteiger partial charge in [-0.05, 0) is 25.1 Å². The summed E-state index contributed by atoms with van der Waals surface area (Å²) >= 11 is 7.73. The summed E-state index contributed by atoms with van der Waals surface area (Å²) < 4.78 is 5.43. The zero-order chi connectivity index (χ0) is 20.2. The molecule has 0 radical (unpaired) electrons. The van der Waals surface area contributed by atoms with E-state index in [0.717, 1.165) is 40.7 Å². The van der Waals surface area contributed by atoms with Crippen LogP contribution in [0.2, 0.25) is 5.02 Å². The van der Waals surface area contributed by atoms with Gasteiger partial charge in [0.15, 0.2) is 0 Å². The van der Waals surface area contributed by atoms with E-state index in [2.05, 4.69) is 46.4 Å². The number of rotatable bonds is 5. The molecule has 1 aliphatic heterocycles. The maximum atomic E-state index is 12.7. The van der Waals surface area contributed by atoms with E-state index in [0.29, 0.717) is 18.2 Å². The number of hydrogen-bond donors (Lipinski definition) is 1. The number of morpholine rings is 1. The fraction of sp³-hybridized carbons (Fsp3) is 0.273. The summed E-state index contributed by atoms with van der Waals surface area (Å²) in [4.78, 5) is 19.5. The molecule has 7 heteroatoms. The third-order valence-electron chi connectivity index (χ3n) is 4.78. The summed E-state index contributed by atoms with van der Waals surface area (Å²) in [6.45, 7) is 4.99. The number of carbonyl (C=O) groups excluding carboxylic acids is 1. The molecule has 1 aliphatic rings. The summed E-state index contributed by atoms with van der Waals surface area (Å²) in [6, 6.07) is 13.8. The Kier molecular flexibility index (Phi) is 6.13. The largest absolute Gasteiger partial charge is 0.378 e. The predicted octanol–water partition coefficient (Wildman–Crippen LogP) is 4.79. The number of nitrogens with zero attached hydrogens (tertiary/aromatic N) is 2. The number of aromatic nitrogens is 1. The molecular formula is C22H22ClN3O2S. The third kappa shape index (κ3) is 4.96. The molecule has 1 fully saturated rings. The molecule has 0 saturated carbocycles. The highest BCUT2D eigenvalue weighted by molar-refractivity contribution is 7.13. The highest BCUT2D eigenvalue weighted by Gasteiger charge is 2.17. The number of anilines is 2. The molecule has 0 unspecified atom stereocenters. The Hall–Kier alpha value is -2.41. The first-order valence-electron chi connectivity index (χ1n) is 9.52. The summed E-state index contributed by atoms with van der Waals surface area (Å²) in [6.07, 6.45) is 0.220. The van der Waals surface area contributed by atoms with Crippen LogP contribution in [0.3, 0.4) is 0 Å². The second-order valence-corrected chi connectivity index (χ2v) is 8.29. The highest BCUT2D eigenvalue weighted by atomic mass is 35.5. The standard InChI is InChI=1S/C22H22ClN3O2S/c1-15-2-4-16(5-3-15)22-24-18(14-29-22)13-21(27)25-19-12-17(23)6-7-20(19)26-8-10-28-11-9-26/h2-7,12,14H,8-11,13H2,1H3,(H,25,27). The molecule has 1 aromatic heterocycles. The predicted molar refractivity (Wildman–Crippen MR) is 119 cm³/mol. The lowest BCUT2D eigenvalue weighted by molar-refractivity contribution is -0.115. The van der Waals surface area contributed by atoms with E-state index in [9.17, 15) is 4.79 Å². The van der Waals surface area contributed by atoms with Crippen LogP contribution in [-0.4, -0.2) is 37.2 Å². The Morgan fingerprint density at radius 2 is 1.97 bits per heavy atom. The van der Waals surface area contributed by atoms with Gasteiger partial charge >= 0.3 is 0 Å². The molecule has 29 heavy (non-hydrogen) atoms. The van der Waals surface area contributed by atoms with E-state index in [4.69, 9.17) is 16.3 Å². The van der Waals surface area contributed by atoms with Crippen molar-refractivity contribution in [3.63, 3.8) is 0 Å². The van der Waals surface area contributed by atoms with Gasteiger partial charge in [0.2, 0.25) is 5.91 Å². The minimum absolute atomic E-state index is 0.109. The van der Waals surface area contributed by atoms with Gasteiger partial charge in [0, 0.05) is 29.1 Å². The van der Waals surface area contributed by atoms with E-state index < -0.39 is 0 Å². The van der Waals surface area contributed by atoms with Crippen LogP contribution in [0.4, 0.5) is 11.4 Å². The van der Waals surface area contributed by atoms with E-state index >= 15 is 0 Å². The second-order valence-electron chi connectivity index (χ2n) is 7.00. The molecule has 150 valence electrons. The Bertz CT molecular complexity index is 998. The average Bonchev–Trinajstić information content (AvgIpc) is 3.17. The van der Waals surface area contributed by atoms with Gasteiger partial charge in [-0.25, -0.2) is 4.98 Å². The minimum atomic E-state index is -0.109. The lowest BCUT2D eigenvalue weighted by atomic mass is 10.2. The SMILES string of the molecule is Cc1ccc(-c2nc(CC(=O)Nc3cc(Cl)ccc3N3CCOCC3)cs2)cc1. The van der Waals surface area contributed by atoms with Crippen molar-refractivity contribution in [2.45, 2.75) is 13.3 Å². The van der Waals surface area contributed by atoms with E-state index in [-0.39, 0.29) is 12.3 Å². The Labute approximate surface area is 179 Å². The van der Waals surface area contributed by atoms with E-state index in [1.165, 1.54) is 5.56 Å². The van der Waals surface area contributed by atoms with Crippen molar-refractivity contribution in [3.05, 3.63) is 64.1 Å². The van der Waals surface area contributed by atoms with Crippen LogP contribution in [0, 0.1) is 6.92 Å². The molecule has 0 spiro atoms. The number of nitrogens with one attached hydrogen (secondary N) is 1. The Morgan fingerprint density at radius 1 is 1.21 bits per heavy atom. The number of benzene rings is 2. The van der Waals surface area contributed by atoms with Crippen molar-refractivity contribution in [2.75, 3.05) is 36.5 Å². The number of halogens is 1. The molecular weight excluding hydrogens is 406 g/mol. The van der Waals surface area contributed by atoms with Gasteiger partial charge in [-0.1, -0.05) is 41.4 Å². The molecule has 3 aromatic rings. The van der Waals surface area contributed by atoms with Crippen LogP contribution in [0.25, 0.3) is 10.6 Å². The zero-order valence-corrected chi connectivity index (χ0v) is 17.7. The van der Waals surface area contributed by atoms with Crippen LogP contribution in [-0.2, 0) is 16.0 Å². The quantitative estimate of drug-likeness (QED) is 0.636. The van der Waals surface area contributed by atoms with Gasteiger partial charge in [0.1, 0.15) is 5.01 Å². The molecule has 1 saturated heterocycles. The summed E-state index contributed by atoms with van der Waals surface area (Å²) in [5.74, 6) is -0.109. The second kappa shape index (κ2) is 8.95. The Morgan fingerprint density at radius 3 is 2.72 bits per heavy atom. The number of hydrogen-bond acceptors (Lipinski definition) is 5. The van der Waals surface area contributed by atoms with Crippen LogP contribution in [0.5, 0.6) is 0 Å². The molecule has 5 nitrogen and oxygen atoms in total. The molecule has 0 bridgehead atoms. The molecule has 1 amide bonds. The summed E-state index contributed by atoms with van der Waals surface area (Å²) in [5.41, 5.74) is 4.72. The molecule has 1 N–H and O–H groups in total. The van der Waals surface area contributed by atoms with Gasteiger partial charge in [-0.15, -0.1) is 11.3 Å². The van der Waals surface area contributed by atoms with Gasteiger partial charge in [-0.3, -0.25) is 4.79 Å². The number of carbonyl (C=O) groups is 1. The molecule has 2 aromatic carbocycles. The average molecular weight is 428 g/mol. The van der Waals surface area contributed by atoms with Crippen molar-refractivity contribution >= 4 is 40.2 Å². The maximum Gasteiger partial charge on any atom is 0.230 e. The van der Waals surface area contributed by atoms with Gasteiger partial charge in [0.25, 0.3) is 0 Å². The first kappa shape index (κ1) is 19.9. The van der Waals surface area contributed by atoms with Crippen molar-refractivity contribution in [1.82, 2.24) is 4.98 Å². The number of amides is 1.